The molecule has 8 nitrogen and oxygen atoms in total. The minimum Gasteiger partial charge on any atom is -0.452 e. The molecular weight excluding hydrogens is 384 g/mol. The number of nitro groups is 1. The summed E-state index contributed by atoms with van der Waals surface area (Å²) in [6.45, 7) is 3.43. The second-order valence-electron chi connectivity index (χ2n) is 7.52. The fraction of sp³-hybridized carbons (Fsp3) is 0.273. The van der Waals surface area contributed by atoms with Gasteiger partial charge in [0.05, 0.1) is 4.92 Å². The Kier molecular flexibility index (Phi) is 4.55. The van der Waals surface area contributed by atoms with Crippen LogP contribution in [0.15, 0.2) is 57.7 Å². The van der Waals surface area contributed by atoms with E-state index in [2.05, 4.69) is 9.88 Å². The van der Waals surface area contributed by atoms with Crippen LogP contribution in [-0.2, 0) is 6.54 Å². The SMILES string of the molecule is O=c1nc(-c2ccc([N+](=O)[O-])cc2)c2oc3ccccc3c2n1CCN1CCCC1. The Balaban J connectivity index is 1.68. The molecule has 152 valence electrons. The van der Waals surface area contributed by atoms with Crippen molar-refractivity contribution in [3.63, 3.8) is 0 Å². The summed E-state index contributed by atoms with van der Waals surface area (Å²) in [6.07, 6.45) is 2.38. The lowest BCUT2D eigenvalue weighted by molar-refractivity contribution is -0.384. The standard InChI is InChI=1S/C22H20N4O4/c27-22-23-19(15-7-9-16(10-8-15)26(28)29)21-20(17-5-1-2-6-18(17)30-21)25(22)14-13-24-11-3-4-12-24/h1-2,5-10H,3-4,11-14H2. The minimum atomic E-state index is -0.454. The number of nitro benzene ring substituents is 1. The van der Waals surface area contributed by atoms with Gasteiger partial charge in [-0.05, 0) is 50.2 Å². The van der Waals surface area contributed by atoms with Crippen molar-refractivity contribution >= 4 is 27.8 Å². The largest absolute Gasteiger partial charge is 0.452 e. The first kappa shape index (κ1) is 18.5. The Labute approximate surface area is 171 Å². The van der Waals surface area contributed by atoms with Gasteiger partial charge in [-0.2, -0.15) is 4.98 Å². The topological polar surface area (TPSA) is 94.4 Å². The molecular formula is C22H20N4O4. The van der Waals surface area contributed by atoms with Crippen molar-refractivity contribution in [1.29, 1.82) is 0 Å². The highest BCUT2D eigenvalue weighted by molar-refractivity contribution is 6.06. The predicted octanol–water partition coefficient (Wildman–Crippen LogP) is 3.81. The van der Waals surface area contributed by atoms with E-state index in [0.29, 0.717) is 29.0 Å². The van der Waals surface area contributed by atoms with E-state index in [9.17, 15) is 14.9 Å². The Hall–Kier alpha value is -3.52. The molecule has 1 saturated heterocycles. The van der Waals surface area contributed by atoms with Gasteiger partial charge < -0.3 is 9.32 Å². The lowest BCUT2D eigenvalue weighted by Gasteiger charge is -2.16. The Bertz CT molecular complexity index is 1300. The number of hydrogen-bond donors (Lipinski definition) is 0. The van der Waals surface area contributed by atoms with Gasteiger partial charge in [0.25, 0.3) is 5.69 Å². The van der Waals surface area contributed by atoms with Crippen molar-refractivity contribution in [2.75, 3.05) is 19.6 Å². The van der Waals surface area contributed by atoms with Gasteiger partial charge in [0.1, 0.15) is 16.8 Å². The number of hydrogen-bond acceptors (Lipinski definition) is 6. The molecule has 0 radical (unpaired) electrons. The van der Waals surface area contributed by atoms with E-state index in [0.717, 1.165) is 30.5 Å². The Morgan fingerprint density at radius 2 is 1.77 bits per heavy atom. The van der Waals surface area contributed by atoms with Crippen LogP contribution in [0, 0.1) is 10.1 Å². The number of likely N-dealkylation sites (tertiary alicyclic amines) is 1. The Morgan fingerprint density at radius 1 is 1.03 bits per heavy atom. The molecule has 0 bridgehead atoms. The molecule has 0 aliphatic carbocycles. The highest BCUT2D eigenvalue weighted by Gasteiger charge is 2.21. The zero-order chi connectivity index (χ0) is 20.7. The van der Waals surface area contributed by atoms with E-state index in [4.69, 9.17) is 4.42 Å². The van der Waals surface area contributed by atoms with Crippen molar-refractivity contribution in [3.8, 4) is 11.3 Å². The van der Waals surface area contributed by atoms with Gasteiger partial charge in [-0.1, -0.05) is 12.1 Å². The molecule has 4 aromatic rings. The van der Waals surface area contributed by atoms with Gasteiger partial charge in [0, 0.05) is 36.2 Å². The van der Waals surface area contributed by atoms with E-state index in [1.54, 1.807) is 16.7 Å². The first-order valence-corrected chi connectivity index (χ1v) is 10.0. The molecule has 0 saturated carbocycles. The van der Waals surface area contributed by atoms with Gasteiger partial charge in [-0.3, -0.25) is 14.7 Å². The Morgan fingerprint density at radius 3 is 2.50 bits per heavy atom. The molecule has 3 heterocycles. The summed E-state index contributed by atoms with van der Waals surface area (Å²) in [5, 5.41) is 11.8. The van der Waals surface area contributed by atoms with Crippen molar-refractivity contribution in [1.82, 2.24) is 14.5 Å². The molecule has 30 heavy (non-hydrogen) atoms. The van der Waals surface area contributed by atoms with Crippen LogP contribution in [-0.4, -0.2) is 39.0 Å². The number of furan rings is 1. The highest BCUT2D eigenvalue weighted by atomic mass is 16.6. The highest BCUT2D eigenvalue weighted by Crippen LogP contribution is 2.34. The normalized spacial score (nSPS) is 14.7. The third-order valence-corrected chi connectivity index (χ3v) is 5.68. The van der Waals surface area contributed by atoms with Crippen LogP contribution in [0.25, 0.3) is 33.3 Å². The monoisotopic (exact) mass is 404 g/mol. The number of aromatic nitrogens is 2. The number of fused-ring (bicyclic) bond motifs is 3. The fourth-order valence-electron chi connectivity index (χ4n) is 4.15. The zero-order valence-electron chi connectivity index (χ0n) is 16.3. The second kappa shape index (κ2) is 7.38. The molecule has 1 aliphatic heterocycles. The smallest absolute Gasteiger partial charge is 0.348 e. The molecule has 0 unspecified atom stereocenters. The van der Waals surface area contributed by atoms with E-state index < -0.39 is 4.92 Å². The first-order valence-electron chi connectivity index (χ1n) is 10.0. The summed E-state index contributed by atoms with van der Waals surface area (Å²) in [6, 6.07) is 13.6. The maximum absolute atomic E-state index is 13.0. The van der Waals surface area contributed by atoms with E-state index in [1.807, 2.05) is 24.3 Å². The predicted molar refractivity (Wildman–Crippen MR) is 114 cm³/mol. The fourth-order valence-corrected chi connectivity index (χ4v) is 4.15. The van der Waals surface area contributed by atoms with E-state index >= 15 is 0 Å². The lowest BCUT2D eigenvalue weighted by Crippen LogP contribution is -2.30. The first-order chi connectivity index (χ1) is 14.6. The number of nitrogens with zero attached hydrogens (tertiary/aromatic N) is 4. The lowest BCUT2D eigenvalue weighted by atomic mass is 10.1. The molecule has 0 atom stereocenters. The summed E-state index contributed by atoms with van der Waals surface area (Å²) in [5.41, 5.74) is 2.56. The third-order valence-electron chi connectivity index (χ3n) is 5.68. The van der Waals surface area contributed by atoms with Gasteiger partial charge >= 0.3 is 5.69 Å². The molecule has 2 aromatic heterocycles. The van der Waals surface area contributed by atoms with Crippen LogP contribution in [0.2, 0.25) is 0 Å². The number of para-hydroxylation sites is 1. The minimum absolute atomic E-state index is 0.0152. The van der Waals surface area contributed by atoms with Crippen LogP contribution in [0.5, 0.6) is 0 Å². The average Bonchev–Trinajstić information content (AvgIpc) is 3.41. The van der Waals surface area contributed by atoms with Gasteiger partial charge in [-0.15, -0.1) is 0 Å². The second-order valence-corrected chi connectivity index (χ2v) is 7.52. The van der Waals surface area contributed by atoms with Gasteiger partial charge in [0.2, 0.25) is 0 Å². The van der Waals surface area contributed by atoms with Crippen LogP contribution in [0.3, 0.4) is 0 Å². The van der Waals surface area contributed by atoms with Crippen molar-refractivity contribution in [2.45, 2.75) is 19.4 Å². The molecule has 0 spiro atoms. The van der Waals surface area contributed by atoms with Crippen molar-refractivity contribution in [2.24, 2.45) is 0 Å². The molecule has 5 rings (SSSR count). The van der Waals surface area contributed by atoms with E-state index in [1.165, 1.54) is 25.0 Å². The maximum Gasteiger partial charge on any atom is 0.348 e. The van der Waals surface area contributed by atoms with Crippen molar-refractivity contribution in [3.05, 3.63) is 69.1 Å². The summed E-state index contributed by atoms with van der Waals surface area (Å²) in [4.78, 5) is 30.2. The quantitative estimate of drug-likeness (QED) is 0.371. The molecule has 0 N–H and O–H groups in total. The summed E-state index contributed by atoms with van der Waals surface area (Å²) >= 11 is 0. The molecule has 1 aliphatic rings. The average molecular weight is 404 g/mol. The number of benzene rings is 2. The molecule has 1 fully saturated rings. The van der Waals surface area contributed by atoms with E-state index in [-0.39, 0.29) is 11.4 Å². The molecule has 8 heteroatoms. The maximum atomic E-state index is 13.0. The molecule has 0 amide bonds. The summed E-state index contributed by atoms with van der Waals surface area (Å²) in [7, 11) is 0. The van der Waals surface area contributed by atoms with Gasteiger partial charge in [-0.25, -0.2) is 4.79 Å². The van der Waals surface area contributed by atoms with Crippen LogP contribution in [0.4, 0.5) is 5.69 Å². The van der Waals surface area contributed by atoms with Crippen LogP contribution in [0.1, 0.15) is 12.8 Å². The number of non-ortho nitro benzene ring substituents is 1. The van der Waals surface area contributed by atoms with Crippen LogP contribution >= 0.6 is 0 Å². The van der Waals surface area contributed by atoms with Gasteiger partial charge in [0.15, 0.2) is 5.58 Å². The third kappa shape index (κ3) is 3.15. The summed E-state index contributed by atoms with van der Waals surface area (Å²) < 4.78 is 7.80. The summed E-state index contributed by atoms with van der Waals surface area (Å²) in [5.74, 6) is 0. The zero-order valence-corrected chi connectivity index (χ0v) is 16.3. The molecule has 2 aromatic carbocycles. The number of rotatable bonds is 5. The van der Waals surface area contributed by atoms with Crippen LogP contribution < -0.4 is 5.69 Å². The van der Waals surface area contributed by atoms with Crippen molar-refractivity contribution < 1.29 is 9.34 Å².